The first-order chi connectivity index (χ1) is 6.81. The van der Waals surface area contributed by atoms with Crippen LogP contribution in [0.5, 0.6) is 0 Å². The minimum Gasteiger partial charge on any atom is -0.460 e. The van der Waals surface area contributed by atoms with Crippen LogP contribution in [0.1, 0.15) is 53.4 Å². The van der Waals surface area contributed by atoms with E-state index in [2.05, 4.69) is 12.2 Å². The third-order valence-corrected chi connectivity index (χ3v) is 2.76. The Morgan fingerprint density at radius 1 is 1.40 bits per heavy atom. The average molecular weight is 213 g/mol. The molecule has 1 N–H and O–H groups in total. The van der Waals surface area contributed by atoms with Gasteiger partial charge in [-0.15, -0.1) is 0 Å². The zero-order chi connectivity index (χ0) is 11.5. The van der Waals surface area contributed by atoms with Crippen LogP contribution in [0.4, 0.5) is 0 Å². The number of carbonyl (C=O) groups is 1. The molecule has 0 aromatic carbocycles. The number of ether oxygens (including phenoxy) is 1. The molecule has 0 heterocycles. The summed E-state index contributed by atoms with van der Waals surface area (Å²) in [6, 6.07) is 0. The number of hydrogen-bond donors (Lipinski definition) is 1. The van der Waals surface area contributed by atoms with Crippen LogP contribution in [0.25, 0.3) is 0 Å². The maximum atomic E-state index is 11.4. The third-order valence-electron chi connectivity index (χ3n) is 2.76. The molecule has 0 saturated heterocycles. The Labute approximate surface area is 92.6 Å². The summed E-state index contributed by atoms with van der Waals surface area (Å²) in [5, 5.41) is 3.41. The van der Waals surface area contributed by atoms with E-state index in [1.54, 1.807) is 0 Å². The molecule has 0 aromatic heterocycles. The Morgan fingerprint density at radius 2 is 2.00 bits per heavy atom. The molecule has 3 heteroatoms. The van der Waals surface area contributed by atoms with Crippen LogP contribution in [0.15, 0.2) is 0 Å². The fourth-order valence-corrected chi connectivity index (χ4v) is 1.74. The fourth-order valence-electron chi connectivity index (χ4n) is 1.74. The Hall–Kier alpha value is -0.570. The van der Waals surface area contributed by atoms with Gasteiger partial charge >= 0.3 is 5.97 Å². The van der Waals surface area contributed by atoms with Crippen molar-refractivity contribution in [3.8, 4) is 0 Å². The SMILES string of the molecule is CC1(NCCC(=O)OC(C)(C)C)CCC1. The lowest BCUT2D eigenvalue weighted by molar-refractivity contribution is -0.154. The lowest BCUT2D eigenvalue weighted by Crippen LogP contribution is -2.48. The molecule has 3 nitrogen and oxygen atoms in total. The highest BCUT2D eigenvalue weighted by atomic mass is 16.6. The van der Waals surface area contributed by atoms with Crippen molar-refractivity contribution in [3.63, 3.8) is 0 Å². The molecule has 1 aliphatic rings. The predicted molar refractivity (Wildman–Crippen MR) is 60.7 cm³/mol. The number of rotatable bonds is 4. The van der Waals surface area contributed by atoms with E-state index < -0.39 is 0 Å². The molecule has 0 bridgehead atoms. The van der Waals surface area contributed by atoms with E-state index >= 15 is 0 Å². The van der Waals surface area contributed by atoms with Crippen molar-refractivity contribution >= 4 is 5.97 Å². The summed E-state index contributed by atoms with van der Waals surface area (Å²) >= 11 is 0. The van der Waals surface area contributed by atoms with Gasteiger partial charge in [0, 0.05) is 12.1 Å². The second kappa shape index (κ2) is 4.52. The summed E-state index contributed by atoms with van der Waals surface area (Å²) in [6.45, 7) is 8.62. The molecule has 88 valence electrons. The van der Waals surface area contributed by atoms with Gasteiger partial charge in [-0.25, -0.2) is 0 Å². The van der Waals surface area contributed by atoms with Crippen LogP contribution in [0.2, 0.25) is 0 Å². The predicted octanol–water partition coefficient (Wildman–Crippen LogP) is 2.25. The molecule has 1 saturated carbocycles. The van der Waals surface area contributed by atoms with Crippen LogP contribution < -0.4 is 5.32 Å². The van der Waals surface area contributed by atoms with E-state index in [-0.39, 0.29) is 17.1 Å². The van der Waals surface area contributed by atoms with E-state index in [9.17, 15) is 4.79 Å². The second-order valence-electron chi connectivity index (χ2n) is 5.68. The smallest absolute Gasteiger partial charge is 0.307 e. The molecule has 15 heavy (non-hydrogen) atoms. The first-order valence-electron chi connectivity index (χ1n) is 5.78. The maximum Gasteiger partial charge on any atom is 0.307 e. The van der Waals surface area contributed by atoms with E-state index in [0.29, 0.717) is 6.42 Å². The van der Waals surface area contributed by atoms with Crippen LogP contribution in [-0.4, -0.2) is 23.7 Å². The zero-order valence-corrected chi connectivity index (χ0v) is 10.4. The second-order valence-corrected chi connectivity index (χ2v) is 5.68. The summed E-state index contributed by atoms with van der Waals surface area (Å²) in [7, 11) is 0. The molecule has 0 radical (unpaired) electrons. The molecule has 1 rings (SSSR count). The lowest BCUT2D eigenvalue weighted by Gasteiger charge is -2.39. The highest BCUT2D eigenvalue weighted by Crippen LogP contribution is 2.30. The summed E-state index contributed by atoms with van der Waals surface area (Å²) in [6.07, 6.45) is 4.21. The number of nitrogens with one attached hydrogen (secondary N) is 1. The van der Waals surface area contributed by atoms with Crippen molar-refractivity contribution in [3.05, 3.63) is 0 Å². The van der Waals surface area contributed by atoms with Crippen molar-refractivity contribution in [1.29, 1.82) is 0 Å². The summed E-state index contributed by atoms with van der Waals surface area (Å²) in [5.41, 5.74) is -0.0839. The number of carbonyl (C=O) groups excluding carboxylic acids is 1. The van der Waals surface area contributed by atoms with Crippen molar-refractivity contribution < 1.29 is 9.53 Å². The summed E-state index contributed by atoms with van der Waals surface area (Å²) in [5.74, 6) is -0.113. The van der Waals surface area contributed by atoms with E-state index in [1.165, 1.54) is 19.3 Å². The van der Waals surface area contributed by atoms with Crippen molar-refractivity contribution in [2.45, 2.75) is 64.5 Å². The third kappa shape index (κ3) is 4.65. The van der Waals surface area contributed by atoms with Gasteiger partial charge in [0.05, 0.1) is 6.42 Å². The average Bonchev–Trinajstić information content (AvgIpc) is 1.97. The van der Waals surface area contributed by atoms with Crippen LogP contribution in [0.3, 0.4) is 0 Å². The van der Waals surface area contributed by atoms with Crippen LogP contribution in [-0.2, 0) is 9.53 Å². The summed E-state index contributed by atoms with van der Waals surface area (Å²) < 4.78 is 5.23. The molecule has 1 aliphatic carbocycles. The number of hydrogen-bond acceptors (Lipinski definition) is 3. The molecule has 0 aromatic rings. The zero-order valence-electron chi connectivity index (χ0n) is 10.4. The molecule has 0 atom stereocenters. The Balaban J connectivity index is 2.12. The van der Waals surface area contributed by atoms with Gasteiger partial charge in [-0.3, -0.25) is 4.79 Å². The number of esters is 1. The topological polar surface area (TPSA) is 38.3 Å². The van der Waals surface area contributed by atoms with Gasteiger partial charge < -0.3 is 10.1 Å². The Kier molecular flexibility index (Phi) is 3.77. The molecule has 0 amide bonds. The van der Waals surface area contributed by atoms with Crippen molar-refractivity contribution in [1.82, 2.24) is 5.32 Å². The largest absolute Gasteiger partial charge is 0.460 e. The van der Waals surface area contributed by atoms with E-state index in [0.717, 1.165) is 6.54 Å². The van der Waals surface area contributed by atoms with Gasteiger partial charge in [0.1, 0.15) is 5.60 Å². The Morgan fingerprint density at radius 3 is 2.40 bits per heavy atom. The summed E-state index contributed by atoms with van der Waals surface area (Å²) in [4.78, 5) is 11.4. The first kappa shape index (κ1) is 12.5. The van der Waals surface area contributed by atoms with Gasteiger partial charge in [0.25, 0.3) is 0 Å². The molecule has 0 unspecified atom stereocenters. The van der Waals surface area contributed by atoms with Crippen molar-refractivity contribution in [2.75, 3.05) is 6.54 Å². The highest BCUT2D eigenvalue weighted by molar-refractivity contribution is 5.70. The minimum absolute atomic E-state index is 0.113. The van der Waals surface area contributed by atoms with Crippen LogP contribution >= 0.6 is 0 Å². The minimum atomic E-state index is -0.364. The van der Waals surface area contributed by atoms with Gasteiger partial charge in [0.2, 0.25) is 0 Å². The normalized spacial score (nSPS) is 19.5. The highest BCUT2D eigenvalue weighted by Gasteiger charge is 2.30. The van der Waals surface area contributed by atoms with Crippen LogP contribution in [0, 0.1) is 0 Å². The van der Waals surface area contributed by atoms with E-state index in [4.69, 9.17) is 4.74 Å². The molecule has 0 aliphatic heterocycles. The van der Waals surface area contributed by atoms with Crippen molar-refractivity contribution in [2.24, 2.45) is 0 Å². The monoisotopic (exact) mass is 213 g/mol. The maximum absolute atomic E-state index is 11.4. The Bertz CT molecular complexity index is 226. The van der Waals surface area contributed by atoms with Gasteiger partial charge in [-0.2, -0.15) is 0 Å². The molecule has 0 spiro atoms. The molecular weight excluding hydrogens is 190 g/mol. The fraction of sp³-hybridized carbons (Fsp3) is 0.917. The lowest BCUT2D eigenvalue weighted by atomic mass is 9.78. The quantitative estimate of drug-likeness (QED) is 0.728. The standard InChI is InChI=1S/C12H23NO2/c1-11(2,3)15-10(14)6-9-13-12(4)7-5-8-12/h13H,5-9H2,1-4H3. The first-order valence-corrected chi connectivity index (χ1v) is 5.78. The van der Waals surface area contributed by atoms with Gasteiger partial charge in [-0.05, 0) is 47.0 Å². The van der Waals surface area contributed by atoms with Gasteiger partial charge in [0.15, 0.2) is 0 Å². The molecule has 1 fully saturated rings. The van der Waals surface area contributed by atoms with E-state index in [1.807, 2.05) is 20.8 Å². The van der Waals surface area contributed by atoms with Gasteiger partial charge in [-0.1, -0.05) is 0 Å². The molecular formula is C12H23NO2.